The van der Waals surface area contributed by atoms with Gasteiger partial charge in [-0.25, -0.2) is 9.69 Å². The van der Waals surface area contributed by atoms with Crippen LogP contribution in [0.1, 0.15) is 6.92 Å². The first kappa shape index (κ1) is 31.2. The lowest BCUT2D eigenvalue weighted by molar-refractivity contribution is -0.140. The van der Waals surface area contributed by atoms with Crippen LogP contribution in [0.4, 0.5) is 4.79 Å². The van der Waals surface area contributed by atoms with E-state index in [9.17, 15) is 19.2 Å². The molecule has 0 bridgehead atoms. The molecule has 9 nitrogen and oxygen atoms in total. The molecule has 0 aromatic carbocycles. The summed E-state index contributed by atoms with van der Waals surface area (Å²) >= 11 is 12.8. The number of methoxy groups -OCH3 is 1. The molecule has 4 amide bonds. The fraction of sp³-hybridized carbons (Fsp3) is 0.714. The molecule has 29 heavy (non-hydrogen) atoms. The molecular formula is C14H28N2O7P2S4. The van der Waals surface area contributed by atoms with E-state index in [1.165, 1.54) is 65.1 Å². The molecule has 0 aromatic rings. The molecule has 0 spiro atoms. The van der Waals surface area contributed by atoms with Gasteiger partial charge in [0.15, 0.2) is 0 Å². The van der Waals surface area contributed by atoms with Crippen LogP contribution in [0.5, 0.6) is 0 Å². The van der Waals surface area contributed by atoms with E-state index < -0.39 is 17.0 Å². The second-order valence-electron chi connectivity index (χ2n) is 5.35. The van der Waals surface area contributed by atoms with E-state index in [0.717, 1.165) is 9.80 Å². The Kier molecular flexibility index (Phi) is 16.0. The fourth-order valence-corrected chi connectivity index (χ4v) is 6.00. The Hall–Kier alpha value is -0.000000000000000222. The molecule has 2 atom stereocenters. The first-order chi connectivity index (χ1) is 13.1. The highest BCUT2D eigenvalue weighted by Gasteiger charge is 2.20. The fourth-order valence-electron chi connectivity index (χ4n) is 1.06. The standard InChI is InChI=1S/C7H14NO4PS2.C7H14NO3PS2/c1-8(7(10)11-2)6(9)5-15-13(4,14)12-3;1-6(9)8(2)7(10)5-14-12(4,13)11-3/h5H2,1-4H3;5H2,1-4H3. The van der Waals surface area contributed by atoms with Gasteiger partial charge in [0.25, 0.3) is 0 Å². The maximum Gasteiger partial charge on any atom is 0.415 e. The molecule has 0 aromatic heterocycles. The SMILES string of the molecule is COC(=O)N(C)C(=O)CSP(C)(=S)OC.COP(C)(=S)SCC(=O)N(C)C(C)=O. The Morgan fingerprint density at radius 1 is 0.828 bits per heavy atom. The average Bonchev–Trinajstić information content (AvgIpc) is 2.68. The van der Waals surface area contributed by atoms with Crippen molar-refractivity contribution in [1.29, 1.82) is 0 Å². The lowest BCUT2D eigenvalue weighted by atomic mass is 10.5. The third-order valence-corrected chi connectivity index (χ3v) is 13.5. The van der Waals surface area contributed by atoms with E-state index in [-0.39, 0.29) is 29.2 Å². The van der Waals surface area contributed by atoms with Crippen molar-refractivity contribution in [2.45, 2.75) is 6.92 Å². The predicted octanol–water partition coefficient (Wildman–Crippen LogP) is 2.84. The van der Waals surface area contributed by atoms with Gasteiger partial charge in [-0.1, -0.05) is 46.4 Å². The van der Waals surface area contributed by atoms with Gasteiger partial charge < -0.3 is 13.8 Å². The van der Waals surface area contributed by atoms with Crippen molar-refractivity contribution >= 4 is 81.1 Å². The topological polar surface area (TPSA) is 102 Å². The number of amides is 4. The third-order valence-electron chi connectivity index (χ3n) is 3.18. The average molecular weight is 527 g/mol. The van der Waals surface area contributed by atoms with Crippen LogP contribution in [0.15, 0.2) is 0 Å². The number of imide groups is 2. The van der Waals surface area contributed by atoms with Crippen molar-refractivity contribution in [3.8, 4) is 0 Å². The number of hydrogen-bond acceptors (Lipinski definition) is 11. The zero-order valence-corrected chi connectivity index (χ0v) is 22.7. The van der Waals surface area contributed by atoms with Crippen LogP contribution < -0.4 is 0 Å². The Labute approximate surface area is 190 Å². The van der Waals surface area contributed by atoms with E-state index in [0.29, 0.717) is 0 Å². The van der Waals surface area contributed by atoms with E-state index in [2.05, 4.69) is 4.74 Å². The van der Waals surface area contributed by atoms with Gasteiger partial charge in [0.1, 0.15) is 10.9 Å². The summed E-state index contributed by atoms with van der Waals surface area (Å²) in [5.41, 5.74) is -3.86. The van der Waals surface area contributed by atoms with Gasteiger partial charge in [-0.05, 0) is 13.3 Å². The first-order valence-corrected chi connectivity index (χ1v) is 17.3. The molecule has 0 aliphatic heterocycles. The second kappa shape index (κ2) is 14.9. The number of hydrogen-bond donors (Lipinski definition) is 0. The quantitative estimate of drug-likeness (QED) is 0.436. The summed E-state index contributed by atoms with van der Waals surface area (Å²) in [4.78, 5) is 46.6. The molecule has 0 saturated carbocycles. The predicted molar refractivity (Wildman–Crippen MR) is 128 cm³/mol. The summed E-state index contributed by atoms with van der Waals surface area (Å²) in [6, 6.07) is 0. The van der Waals surface area contributed by atoms with Crippen LogP contribution in [0.25, 0.3) is 0 Å². The van der Waals surface area contributed by atoms with Crippen molar-refractivity contribution in [2.24, 2.45) is 0 Å². The minimum Gasteiger partial charge on any atom is -0.452 e. The number of rotatable bonds is 8. The van der Waals surface area contributed by atoms with Gasteiger partial charge in [-0.2, -0.15) is 0 Å². The summed E-state index contributed by atoms with van der Waals surface area (Å²) in [5.74, 6) is -0.543. The minimum atomic E-state index is -1.96. The van der Waals surface area contributed by atoms with Gasteiger partial charge >= 0.3 is 6.09 Å². The molecule has 0 fully saturated rings. The number of carbonyl (C=O) groups excluding carboxylic acids is 4. The summed E-state index contributed by atoms with van der Waals surface area (Å²) in [6.07, 6.45) is -0.678. The van der Waals surface area contributed by atoms with Gasteiger partial charge in [0.2, 0.25) is 17.7 Å². The van der Waals surface area contributed by atoms with Gasteiger partial charge in [0.05, 0.1) is 18.6 Å². The summed E-state index contributed by atoms with van der Waals surface area (Å²) < 4.78 is 14.5. The summed E-state index contributed by atoms with van der Waals surface area (Å²) in [5, 5.41) is 0. The zero-order chi connectivity index (χ0) is 23.4. The van der Waals surface area contributed by atoms with Gasteiger partial charge in [0, 0.05) is 35.2 Å². The highest BCUT2D eigenvalue weighted by Crippen LogP contribution is 2.56. The van der Waals surface area contributed by atoms with Crippen molar-refractivity contribution in [2.75, 3.05) is 60.3 Å². The minimum absolute atomic E-state index is 0.118. The molecule has 0 saturated heterocycles. The molecule has 0 radical (unpaired) electrons. The van der Waals surface area contributed by atoms with Crippen LogP contribution >= 0.6 is 33.7 Å². The Balaban J connectivity index is 0. The highest BCUT2D eigenvalue weighted by atomic mass is 32.9. The van der Waals surface area contributed by atoms with Crippen LogP contribution in [-0.4, -0.2) is 93.9 Å². The van der Waals surface area contributed by atoms with Gasteiger partial charge in [-0.15, -0.1) is 0 Å². The van der Waals surface area contributed by atoms with Crippen LogP contribution in [0, 0.1) is 0 Å². The summed E-state index contributed by atoms with van der Waals surface area (Å²) in [6.45, 7) is 4.92. The largest absolute Gasteiger partial charge is 0.452 e. The lowest BCUT2D eigenvalue weighted by Crippen LogP contribution is -2.34. The van der Waals surface area contributed by atoms with Gasteiger partial charge in [-0.3, -0.25) is 19.3 Å². The highest BCUT2D eigenvalue weighted by molar-refractivity contribution is 8.69. The molecule has 0 rings (SSSR count). The maximum atomic E-state index is 11.4. The normalized spacial score (nSPS) is 14.3. The monoisotopic (exact) mass is 526 g/mol. The van der Waals surface area contributed by atoms with E-state index in [1.807, 2.05) is 0 Å². The maximum absolute atomic E-state index is 11.4. The lowest BCUT2D eigenvalue weighted by Gasteiger charge is -2.16. The Morgan fingerprint density at radius 2 is 1.17 bits per heavy atom. The number of ether oxygens (including phenoxy) is 1. The smallest absolute Gasteiger partial charge is 0.415 e. The number of carbonyl (C=O) groups is 4. The third kappa shape index (κ3) is 14.6. The summed E-state index contributed by atoms with van der Waals surface area (Å²) in [7, 11) is 7.09. The number of nitrogens with zero attached hydrogens (tertiary/aromatic N) is 2. The second-order valence-corrected chi connectivity index (χ2v) is 21.6. The first-order valence-electron chi connectivity index (χ1n) is 7.81. The van der Waals surface area contributed by atoms with Crippen LogP contribution in [0.2, 0.25) is 0 Å². The van der Waals surface area contributed by atoms with Crippen LogP contribution in [0.3, 0.4) is 0 Å². The van der Waals surface area contributed by atoms with E-state index >= 15 is 0 Å². The molecule has 0 heterocycles. The van der Waals surface area contributed by atoms with E-state index in [1.54, 1.807) is 13.3 Å². The molecule has 2 unspecified atom stereocenters. The Morgan fingerprint density at radius 3 is 1.45 bits per heavy atom. The van der Waals surface area contributed by atoms with Crippen molar-refractivity contribution in [3.05, 3.63) is 0 Å². The zero-order valence-electron chi connectivity index (χ0n) is 17.7. The van der Waals surface area contributed by atoms with Crippen molar-refractivity contribution < 1.29 is 33.0 Å². The van der Waals surface area contributed by atoms with Crippen molar-refractivity contribution in [3.63, 3.8) is 0 Å². The Bertz CT molecular complexity index is 693. The van der Waals surface area contributed by atoms with E-state index in [4.69, 9.17) is 32.7 Å². The van der Waals surface area contributed by atoms with Crippen LogP contribution in [-0.2, 0) is 51.8 Å². The molecule has 15 heteroatoms. The molecule has 0 aliphatic carbocycles. The van der Waals surface area contributed by atoms with Crippen molar-refractivity contribution in [1.82, 2.24) is 9.80 Å². The molecular weight excluding hydrogens is 498 g/mol. The molecule has 170 valence electrons. The molecule has 0 N–H and O–H groups in total. The molecule has 0 aliphatic rings.